The maximum Gasteiger partial charge on any atom is 0.339 e. The fourth-order valence-electron chi connectivity index (χ4n) is 2.90. The number of rotatable bonds is 8. The first-order valence-electron chi connectivity index (χ1n) is 10.0. The highest BCUT2D eigenvalue weighted by Gasteiger charge is 2.18. The van der Waals surface area contributed by atoms with Crippen LogP contribution in [0.3, 0.4) is 0 Å². The third-order valence-corrected chi connectivity index (χ3v) is 5.58. The standard InChI is InChI=1S/C24H20N4O5S/c1-28-11-5-9-19(28)23(31)27-21(29)14-33-24(32)18-8-2-3-10-20(18)34-15-22(30)26-17-7-4-6-16(12-17)13-25/h2-12H,14-15H2,1H3,(H,26,30)(H,27,29,31). The molecule has 0 fully saturated rings. The van der Waals surface area contributed by atoms with Crippen molar-refractivity contribution >= 4 is 41.1 Å². The quantitative estimate of drug-likeness (QED) is 0.378. The summed E-state index contributed by atoms with van der Waals surface area (Å²) in [5.74, 6) is -2.43. The Balaban J connectivity index is 1.53. The molecule has 0 saturated carbocycles. The Bertz CT molecular complexity index is 1280. The van der Waals surface area contributed by atoms with E-state index in [-0.39, 0.29) is 17.2 Å². The predicted molar refractivity (Wildman–Crippen MR) is 125 cm³/mol. The van der Waals surface area contributed by atoms with E-state index in [4.69, 9.17) is 10.00 Å². The average Bonchev–Trinajstić information content (AvgIpc) is 3.27. The Hall–Kier alpha value is -4.36. The third-order valence-electron chi connectivity index (χ3n) is 4.50. The zero-order chi connectivity index (χ0) is 24.5. The molecule has 3 rings (SSSR count). The topological polar surface area (TPSA) is 130 Å². The molecule has 0 spiro atoms. The highest BCUT2D eigenvalue weighted by Crippen LogP contribution is 2.23. The number of imide groups is 1. The van der Waals surface area contributed by atoms with Crippen LogP contribution >= 0.6 is 11.8 Å². The molecule has 0 aliphatic rings. The van der Waals surface area contributed by atoms with Crippen LogP contribution in [-0.4, -0.2) is 40.6 Å². The Kier molecular flexibility index (Phi) is 8.21. The monoisotopic (exact) mass is 476 g/mol. The molecule has 3 amide bonds. The van der Waals surface area contributed by atoms with E-state index in [0.717, 1.165) is 11.8 Å². The van der Waals surface area contributed by atoms with Gasteiger partial charge in [0, 0.05) is 23.8 Å². The first-order chi connectivity index (χ1) is 16.4. The number of aryl methyl sites for hydroxylation is 1. The van der Waals surface area contributed by atoms with E-state index in [1.807, 2.05) is 6.07 Å². The minimum absolute atomic E-state index is 0.00667. The maximum atomic E-state index is 12.5. The molecule has 0 unspecified atom stereocenters. The number of aromatic nitrogens is 1. The van der Waals surface area contributed by atoms with Gasteiger partial charge in [-0.15, -0.1) is 11.8 Å². The number of nitrogens with one attached hydrogen (secondary N) is 2. The van der Waals surface area contributed by atoms with Gasteiger partial charge in [-0.1, -0.05) is 18.2 Å². The smallest absolute Gasteiger partial charge is 0.339 e. The molecule has 1 aromatic heterocycles. The van der Waals surface area contributed by atoms with Crippen LogP contribution in [0.25, 0.3) is 0 Å². The number of amides is 3. The van der Waals surface area contributed by atoms with Crippen molar-refractivity contribution in [1.82, 2.24) is 9.88 Å². The number of hydrogen-bond acceptors (Lipinski definition) is 7. The lowest BCUT2D eigenvalue weighted by Gasteiger charge is -2.10. The number of thioether (sulfide) groups is 1. The lowest BCUT2D eigenvalue weighted by molar-refractivity contribution is -0.123. The highest BCUT2D eigenvalue weighted by atomic mass is 32.2. The summed E-state index contributed by atoms with van der Waals surface area (Å²) >= 11 is 1.12. The maximum absolute atomic E-state index is 12.5. The second kappa shape index (κ2) is 11.5. The van der Waals surface area contributed by atoms with E-state index in [0.29, 0.717) is 21.8 Å². The molecule has 0 atom stereocenters. The summed E-state index contributed by atoms with van der Waals surface area (Å²) in [7, 11) is 1.66. The Morgan fingerprint density at radius 3 is 2.56 bits per heavy atom. The van der Waals surface area contributed by atoms with Gasteiger partial charge in [0.1, 0.15) is 5.69 Å². The van der Waals surface area contributed by atoms with E-state index in [9.17, 15) is 19.2 Å². The normalized spacial score (nSPS) is 10.1. The molecule has 0 bridgehead atoms. The van der Waals surface area contributed by atoms with Crippen LogP contribution in [0.1, 0.15) is 26.4 Å². The molecule has 10 heteroatoms. The van der Waals surface area contributed by atoms with Gasteiger partial charge in [0.05, 0.1) is 22.9 Å². The van der Waals surface area contributed by atoms with E-state index < -0.39 is 24.4 Å². The zero-order valence-electron chi connectivity index (χ0n) is 18.1. The van der Waals surface area contributed by atoms with E-state index >= 15 is 0 Å². The van der Waals surface area contributed by atoms with Crippen LogP contribution in [-0.2, 0) is 21.4 Å². The van der Waals surface area contributed by atoms with Crippen LogP contribution in [0.5, 0.6) is 0 Å². The number of ether oxygens (including phenoxy) is 1. The van der Waals surface area contributed by atoms with Gasteiger partial charge in [0.15, 0.2) is 6.61 Å². The molecular weight excluding hydrogens is 456 g/mol. The van der Waals surface area contributed by atoms with Gasteiger partial charge < -0.3 is 14.6 Å². The number of carbonyl (C=O) groups excluding carboxylic acids is 4. The van der Waals surface area contributed by atoms with Crippen molar-refractivity contribution in [1.29, 1.82) is 5.26 Å². The first kappa shape index (κ1) is 24.3. The minimum Gasteiger partial charge on any atom is -0.452 e. The van der Waals surface area contributed by atoms with Crippen LogP contribution < -0.4 is 10.6 Å². The number of esters is 1. The largest absolute Gasteiger partial charge is 0.452 e. The predicted octanol–water partition coefficient (Wildman–Crippen LogP) is 2.74. The fourth-order valence-corrected chi connectivity index (χ4v) is 3.74. The molecule has 9 nitrogen and oxygen atoms in total. The lowest BCUT2D eigenvalue weighted by Crippen LogP contribution is -2.35. The number of hydrogen-bond donors (Lipinski definition) is 2. The Labute approximate surface area is 199 Å². The number of nitriles is 1. The van der Waals surface area contributed by atoms with Gasteiger partial charge in [-0.3, -0.25) is 19.7 Å². The van der Waals surface area contributed by atoms with Crippen molar-refractivity contribution in [2.24, 2.45) is 7.05 Å². The molecule has 2 aromatic carbocycles. The average molecular weight is 477 g/mol. The van der Waals surface area contributed by atoms with Gasteiger partial charge in [-0.05, 0) is 42.5 Å². The second-order valence-electron chi connectivity index (χ2n) is 6.98. The van der Waals surface area contributed by atoms with Crippen LogP contribution in [0.15, 0.2) is 71.8 Å². The van der Waals surface area contributed by atoms with Crippen LogP contribution in [0.4, 0.5) is 5.69 Å². The summed E-state index contributed by atoms with van der Waals surface area (Å²) in [4.78, 5) is 49.4. The summed E-state index contributed by atoms with van der Waals surface area (Å²) in [6.07, 6.45) is 1.66. The van der Waals surface area contributed by atoms with E-state index in [2.05, 4.69) is 10.6 Å². The summed E-state index contributed by atoms with van der Waals surface area (Å²) < 4.78 is 6.61. The molecule has 172 valence electrons. The summed E-state index contributed by atoms with van der Waals surface area (Å²) in [5, 5.41) is 13.8. The Morgan fingerprint density at radius 1 is 1.03 bits per heavy atom. The SMILES string of the molecule is Cn1cccc1C(=O)NC(=O)COC(=O)c1ccccc1SCC(=O)Nc1cccc(C#N)c1. The summed E-state index contributed by atoms with van der Waals surface area (Å²) in [6.45, 7) is -0.635. The highest BCUT2D eigenvalue weighted by molar-refractivity contribution is 8.00. The number of anilines is 1. The van der Waals surface area contributed by atoms with Crippen molar-refractivity contribution in [3.8, 4) is 6.07 Å². The number of carbonyl (C=O) groups is 4. The third kappa shape index (κ3) is 6.57. The zero-order valence-corrected chi connectivity index (χ0v) is 18.9. The van der Waals surface area contributed by atoms with Crippen molar-refractivity contribution < 1.29 is 23.9 Å². The van der Waals surface area contributed by atoms with Gasteiger partial charge in [-0.25, -0.2) is 4.79 Å². The molecule has 0 aliphatic heterocycles. The molecule has 34 heavy (non-hydrogen) atoms. The molecule has 2 N–H and O–H groups in total. The van der Waals surface area contributed by atoms with Crippen LogP contribution in [0, 0.1) is 11.3 Å². The van der Waals surface area contributed by atoms with Gasteiger partial charge in [0.25, 0.3) is 11.8 Å². The fraction of sp³-hybridized carbons (Fsp3) is 0.125. The van der Waals surface area contributed by atoms with E-state index in [1.54, 1.807) is 72.4 Å². The van der Waals surface area contributed by atoms with Crippen molar-refractivity contribution in [3.63, 3.8) is 0 Å². The van der Waals surface area contributed by atoms with Crippen molar-refractivity contribution in [3.05, 3.63) is 83.7 Å². The molecule has 3 aromatic rings. The van der Waals surface area contributed by atoms with Crippen molar-refractivity contribution in [2.45, 2.75) is 4.90 Å². The summed E-state index contributed by atoms with van der Waals surface area (Å²) in [6, 6.07) is 18.3. The van der Waals surface area contributed by atoms with Gasteiger partial charge in [-0.2, -0.15) is 5.26 Å². The van der Waals surface area contributed by atoms with Crippen LogP contribution in [0.2, 0.25) is 0 Å². The number of benzene rings is 2. The number of nitrogens with zero attached hydrogens (tertiary/aromatic N) is 2. The van der Waals surface area contributed by atoms with Crippen molar-refractivity contribution in [2.75, 3.05) is 17.7 Å². The first-order valence-corrected chi connectivity index (χ1v) is 11.0. The minimum atomic E-state index is -0.760. The molecular formula is C24H20N4O5S. The lowest BCUT2D eigenvalue weighted by atomic mass is 10.2. The van der Waals surface area contributed by atoms with Gasteiger partial charge in [0.2, 0.25) is 5.91 Å². The van der Waals surface area contributed by atoms with Gasteiger partial charge >= 0.3 is 5.97 Å². The molecule has 0 saturated heterocycles. The second-order valence-corrected chi connectivity index (χ2v) is 8.00. The molecule has 0 aliphatic carbocycles. The molecule has 1 heterocycles. The Morgan fingerprint density at radius 2 is 1.82 bits per heavy atom. The van der Waals surface area contributed by atoms with E-state index in [1.165, 1.54) is 6.07 Å². The summed E-state index contributed by atoms with van der Waals surface area (Å²) in [5.41, 5.74) is 1.40. The molecule has 0 radical (unpaired) electrons.